The van der Waals surface area contributed by atoms with E-state index in [0.717, 1.165) is 4.88 Å². The zero-order valence-electron chi connectivity index (χ0n) is 10.1. The summed E-state index contributed by atoms with van der Waals surface area (Å²) in [6.45, 7) is 4.70. The van der Waals surface area contributed by atoms with Crippen LogP contribution < -0.4 is 5.32 Å². The molecule has 0 radical (unpaired) electrons. The van der Waals surface area contributed by atoms with Crippen molar-refractivity contribution in [1.82, 2.24) is 4.98 Å². The number of nitro groups is 1. The van der Waals surface area contributed by atoms with Gasteiger partial charge >= 0.3 is 5.82 Å². The highest BCUT2D eigenvalue weighted by Gasteiger charge is 2.13. The molecule has 2 heterocycles. The van der Waals surface area contributed by atoms with E-state index in [9.17, 15) is 10.1 Å². The van der Waals surface area contributed by atoms with Crippen LogP contribution in [-0.2, 0) is 6.54 Å². The predicted molar refractivity (Wildman–Crippen MR) is 72.0 cm³/mol. The second-order valence-corrected chi connectivity index (χ2v) is 5.28. The minimum atomic E-state index is -0.479. The van der Waals surface area contributed by atoms with Gasteiger partial charge in [-0.25, -0.2) is 0 Å². The van der Waals surface area contributed by atoms with Gasteiger partial charge in [-0.15, -0.1) is 11.3 Å². The number of anilines is 1. The average Bonchev–Trinajstić information content (AvgIpc) is 2.66. The third-order valence-electron chi connectivity index (χ3n) is 2.63. The molecule has 2 rings (SSSR count). The van der Waals surface area contributed by atoms with Crippen LogP contribution >= 0.6 is 11.3 Å². The van der Waals surface area contributed by atoms with Gasteiger partial charge in [-0.2, -0.15) is 0 Å². The van der Waals surface area contributed by atoms with Crippen LogP contribution in [0.5, 0.6) is 0 Å². The fourth-order valence-corrected chi connectivity index (χ4v) is 2.59. The molecule has 0 aliphatic heterocycles. The summed E-state index contributed by atoms with van der Waals surface area (Å²) in [5.74, 6) is -0.137. The topological polar surface area (TPSA) is 68.1 Å². The Morgan fingerprint density at radius 2 is 2.28 bits per heavy atom. The van der Waals surface area contributed by atoms with Crippen molar-refractivity contribution in [2.75, 3.05) is 5.32 Å². The van der Waals surface area contributed by atoms with Gasteiger partial charge in [-0.1, -0.05) is 0 Å². The van der Waals surface area contributed by atoms with Crippen LogP contribution in [0.3, 0.4) is 0 Å². The van der Waals surface area contributed by atoms with Gasteiger partial charge in [0.15, 0.2) is 0 Å². The van der Waals surface area contributed by atoms with E-state index in [-0.39, 0.29) is 5.82 Å². The van der Waals surface area contributed by atoms with E-state index in [2.05, 4.69) is 30.2 Å². The van der Waals surface area contributed by atoms with Crippen LogP contribution in [0.15, 0.2) is 24.4 Å². The minimum Gasteiger partial charge on any atom is -0.373 e. The summed E-state index contributed by atoms with van der Waals surface area (Å²) in [6.07, 6.45) is 1.42. The Morgan fingerprint density at radius 3 is 2.89 bits per heavy atom. The number of aromatic nitrogens is 1. The van der Waals surface area contributed by atoms with Gasteiger partial charge in [0.1, 0.15) is 11.9 Å². The molecule has 0 amide bonds. The highest BCUT2D eigenvalue weighted by atomic mass is 32.1. The fraction of sp³-hybridized carbons (Fsp3) is 0.250. The quantitative estimate of drug-likeness (QED) is 0.679. The molecule has 0 aliphatic carbocycles. The van der Waals surface area contributed by atoms with Crippen molar-refractivity contribution >= 4 is 22.8 Å². The number of aryl methyl sites for hydroxylation is 2. The van der Waals surface area contributed by atoms with Crippen molar-refractivity contribution in [2.45, 2.75) is 20.4 Å². The van der Waals surface area contributed by atoms with E-state index in [1.54, 1.807) is 23.5 Å². The maximum Gasteiger partial charge on any atom is 0.386 e. The van der Waals surface area contributed by atoms with E-state index in [1.807, 2.05) is 0 Å². The maximum absolute atomic E-state index is 10.8. The molecule has 94 valence electrons. The predicted octanol–water partition coefficient (Wildman–Crippen LogP) is 3.28. The first-order valence-electron chi connectivity index (χ1n) is 5.47. The highest BCUT2D eigenvalue weighted by molar-refractivity contribution is 7.12. The summed E-state index contributed by atoms with van der Waals surface area (Å²) in [4.78, 5) is 16.5. The van der Waals surface area contributed by atoms with E-state index in [1.165, 1.54) is 16.6 Å². The normalized spacial score (nSPS) is 10.3. The van der Waals surface area contributed by atoms with E-state index >= 15 is 0 Å². The molecule has 0 spiro atoms. The molecule has 5 nitrogen and oxygen atoms in total. The summed E-state index contributed by atoms with van der Waals surface area (Å²) in [7, 11) is 0. The van der Waals surface area contributed by atoms with Gasteiger partial charge in [0.25, 0.3) is 0 Å². The summed E-state index contributed by atoms with van der Waals surface area (Å²) in [5, 5.41) is 13.9. The molecule has 0 bridgehead atoms. The molecule has 6 heteroatoms. The molecule has 0 saturated carbocycles. The third kappa shape index (κ3) is 2.65. The Labute approximate surface area is 109 Å². The molecular weight excluding hydrogens is 250 g/mol. The number of pyridine rings is 1. The van der Waals surface area contributed by atoms with Gasteiger partial charge in [0.05, 0.1) is 0 Å². The monoisotopic (exact) mass is 263 g/mol. The van der Waals surface area contributed by atoms with Crippen molar-refractivity contribution < 1.29 is 4.92 Å². The Hall–Kier alpha value is -1.95. The first-order chi connectivity index (χ1) is 8.58. The average molecular weight is 263 g/mol. The second-order valence-electron chi connectivity index (χ2n) is 3.94. The lowest BCUT2D eigenvalue weighted by Gasteiger charge is -2.04. The first kappa shape index (κ1) is 12.5. The summed E-state index contributed by atoms with van der Waals surface area (Å²) in [6, 6.07) is 5.44. The van der Waals surface area contributed by atoms with E-state index in [0.29, 0.717) is 12.2 Å². The van der Waals surface area contributed by atoms with E-state index in [4.69, 9.17) is 0 Å². The largest absolute Gasteiger partial charge is 0.386 e. The second kappa shape index (κ2) is 5.14. The molecular formula is C12H13N3O2S. The molecule has 2 aromatic rings. The van der Waals surface area contributed by atoms with Gasteiger partial charge in [-0.05, 0) is 47.5 Å². The first-order valence-corrected chi connectivity index (χ1v) is 6.29. The van der Waals surface area contributed by atoms with Gasteiger partial charge < -0.3 is 15.4 Å². The molecule has 0 unspecified atom stereocenters. The Bertz CT molecular complexity index is 561. The number of nitrogens with one attached hydrogen (secondary N) is 1. The van der Waals surface area contributed by atoms with E-state index < -0.39 is 4.92 Å². The van der Waals surface area contributed by atoms with Crippen LogP contribution in [-0.4, -0.2) is 9.91 Å². The number of hydrogen-bond acceptors (Lipinski definition) is 5. The maximum atomic E-state index is 10.8. The molecule has 0 saturated heterocycles. The Balaban J connectivity index is 2.13. The van der Waals surface area contributed by atoms with Crippen molar-refractivity contribution in [3.8, 4) is 0 Å². The van der Waals surface area contributed by atoms with Crippen molar-refractivity contribution in [2.24, 2.45) is 0 Å². The number of rotatable bonds is 4. The molecule has 18 heavy (non-hydrogen) atoms. The molecule has 1 N–H and O–H groups in total. The van der Waals surface area contributed by atoms with Crippen molar-refractivity contribution in [3.63, 3.8) is 0 Å². The highest BCUT2D eigenvalue weighted by Crippen LogP contribution is 2.24. The summed E-state index contributed by atoms with van der Waals surface area (Å²) < 4.78 is 0. The smallest absolute Gasteiger partial charge is 0.373 e. The van der Waals surface area contributed by atoms with Crippen LogP contribution in [0.1, 0.15) is 15.3 Å². The Morgan fingerprint density at radius 1 is 1.50 bits per heavy atom. The SMILES string of the molecule is Cc1cc(CNc2cccnc2[N+](=O)[O-])sc1C. The van der Waals surface area contributed by atoms with Crippen LogP contribution in [0.25, 0.3) is 0 Å². The zero-order valence-corrected chi connectivity index (χ0v) is 11.0. The minimum absolute atomic E-state index is 0.137. The summed E-state index contributed by atoms with van der Waals surface area (Å²) >= 11 is 1.70. The Kier molecular flexibility index (Phi) is 3.57. The lowest BCUT2D eigenvalue weighted by molar-refractivity contribution is -0.388. The number of hydrogen-bond donors (Lipinski definition) is 1. The molecule has 0 aliphatic rings. The third-order valence-corrected chi connectivity index (χ3v) is 3.78. The number of nitrogens with zero attached hydrogens (tertiary/aromatic N) is 2. The lowest BCUT2D eigenvalue weighted by Crippen LogP contribution is -2.02. The van der Waals surface area contributed by atoms with Gasteiger partial charge in [0.2, 0.25) is 0 Å². The molecule has 0 fully saturated rings. The van der Waals surface area contributed by atoms with Crippen LogP contribution in [0.2, 0.25) is 0 Å². The van der Waals surface area contributed by atoms with Gasteiger partial charge in [0, 0.05) is 16.3 Å². The zero-order chi connectivity index (χ0) is 13.1. The summed E-state index contributed by atoms with van der Waals surface area (Å²) in [5.41, 5.74) is 1.70. The molecule has 0 aromatic carbocycles. The fourth-order valence-electron chi connectivity index (χ4n) is 1.60. The molecule has 2 aromatic heterocycles. The standard InChI is InChI=1S/C12H13N3O2S/c1-8-6-10(18-9(8)2)7-14-11-4-3-5-13-12(11)15(16)17/h3-6,14H,7H2,1-2H3. The number of thiophene rings is 1. The lowest BCUT2D eigenvalue weighted by atomic mass is 10.3. The molecule has 0 atom stereocenters. The van der Waals surface area contributed by atoms with Gasteiger partial charge in [-0.3, -0.25) is 0 Å². The van der Waals surface area contributed by atoms with Crippen LogP contribution in [0, 0.1) is 24.0 Å². The van der Waals surface area contributed by atoms with Crippen molar-refractivity contribution in [3.05, 3.63) is 49.8 Å². The van der Waals surface area contributed by atoms with Crippen LogP contribution in [0.4, 0.5) is 11.5 Å². The van der Waals surface area contributed by atoms with Crippen molar-refractivity contribution in [1.29, 1.82) is 0 Å².